The molecule has 1 aliphatic rings. The fraction of sp³-hybridized carbons (Fsp3) is 0.294. The van der Waals surface area contributed by atoms with Crippen molar-refractivity contribution in [2.75, 3.05) is 17.8 Å². The van der Waals surface area contributed by atoms with Crippen molar-refractivity contribution in [3.63, 3.8) is 0 Å². The van der Waals surface area contributed by atoms with Crippen molar-refractivity contribution in [3.8, 4) is 11.3 Å². The number of rotatable bonds is 3. The third kappa shape index (κ3) is 2.77. The van der Waals surface area contributed by atoms with E-state index in [0.717, 1.165) is 10.9 Å². The summed E-state index contributed by atoms with van der Waals surface area (Å²) in [5.74, 6) is 3.32. The van der Waals surface area contributed by atoms with Gasteiger partial charge in [-0.3, -0.25) is 5.01 Å². The van der Waals surface area contributed by atoms with Gasteiger partial charge < -0.3 is 10.8 Å². The van der Waals surface area contributed by atoms with Gasteiger partial charge in [-0.05, 0) is 24.3 Å². The molecule has 26 heavy (non-hydrogen) atoms. The summed E-state index contributed by atoms with van der Waals surface area (Å²) in [5, 5.41) is 12.5. The summed E-state index contributed by atoms with van der Waals surface area (Å²) >= 11 is 1.23. The quantitative estimate of drug-likeness (QED) is 0.479. The first-order valence-corrected chi connectivity index (χ1v) is 8.74. The van der Waals surface area contributed by atoms with Gasteiger partial charge in [0.1, 0.15) is 10.4 Å². The van der Waals surface area contributed by atoms with Crippen LogP contribution in [0.2, 0.25) is 0 Å². The van der Waals surface area contributed by atoms with Gasteiger partial charge in [-0.15, -0.1) is 11.3 Å². The summed E-state index contributed by atoms with van der Waals surface area (Å²) in [6, 6.07) is 7.11. The maximum Gasteiger partial charge on any atom is 0.254 e. The fourth-order valence-electron chi connectivity index (χ4n) is 3.20. The summed E-state index contributed by atoms with van der Waals surface area (Å²) < 4.78 is 26.4. The lowest BCUT2D eigenvalue weighted by Crippen LogP contribution is -2.48. The Morgan fingerprint density at radius 1 is 1.27 bits per heavy atom. The predicted octanol–water partition coefficient (Wildman–Crippen LogP) is 2.87. The molecule has 1 saturated carbocycles. The predicted molar refractivity (Wildman–Crippen MR) is 97.9 cm³/mol. The minimum Gasteiger partial charge on any atom is -0.396 e. The van der Waals surface area contributed by atoms with E-state index in [-0.39, 0.29) is 0 Å². The van der Waals surface area contributed by atoms with Crippen molar-refractivity contribution in [2.45, 2.75) is 24.4 Å². The number of alkyl halides is 2. The SMILES string of the molecule is CN(N)c1ncc(-c2ccc3cc(C4(O)CC(F)(F)C4)sc3n2)cc1N. The third-order valence-corrected chi connectivity index (χ3v) is 5.71. The number of hydrogen-bond acceptors (Lipinski definition) is 7. The number of hydrogen-bond donors (Lipinski definition) is 3. The largest absolute Gasteiger partial charge is 0.396 e. The molecule has 1 fully saturated rings. The van der Waals surface area contributed by atoms with E-state index >= 15 is 0 Å². The Hall–Kier alpha value is -2.36. The molecule has 136 valence electrons. The monoisotopic (exact) mass is 377 g/mol. The van der Waals surface area contributed by atoms with Gasteiger partial charge in [0.2, 0.25) is 0 Å². The second-order valence-corrected chi connectivity index (χ2v) is 7.72. The Morgan fingerprint density at radius 2 is 2.00 bits per heavy atom. The summed E-state index contributed by atoms with van der Waals surface area (Å²) in [6.45, 7) is 0. The van der Waals surface area contributed by atoms with Gasteiger partial charge in [0.15, 0.2) is 5.82 Å². The van der Waals surface area contributed by atoms with Gasteiger partial charge in [-0.2, -0.15) is 0 Å². The van der Waals surface area contributed by atoms with Crippen LogP contribution in [0.3, 0.4) is 0 Å². The Labute approximate surface area is 152 Å². The number of fused-ring (bicyclic) bond motifs is 1. The van der Waals surface area contributed by atoms with Crippen LogP contribution in [0, 0.1) is 0 Å². The maximum absolute atomic E-state index is 13.2. The number of nitrogens with zero attached hydrogens (tertiary/aromatic N) is 3. The van der Waals surface area contributed by atoms with E-state index in [1.165, 1.54) is 16.3 Å². The summed E-state index contributed by atoms with van der Waals surface area (Å²) in [7, 11) is 1.64. The van der Waals surface area contributed by atoms with E-state index in [2.05, 4.69) is 9.97 Å². The number of aromatic nitrogens is 2. The summed E-state index contributed by atoms with van der Waals surface area (Å²) in [5.41, 5.74) is 6.31. The van der Waals surface area contributed by atoms with Crippen LogP contribution in [0.15, 0.2) is 30.5 Å². The molecule has 0 bridgehead atoms. The molecule has 0 aromatic carbocycles. The van der Waals surface area contributed by atoms with Crippen molar-refractivity contribution < 1.29 is 13.9 Å². The second-order valence-electron chi connectivity index (χ2n) is 6.69. The molecule has 0 radical (unpaired) electrons. The van der Waals surface area contributed by atoms with Crippen molar-refractivity contribution >= 4 is 33.1 Å². The van der Waals surface area contributed by atoms with Crippen molar-refractivity contribution in [1.29, 1.82) is 0 Å². The number of aliphatic hydroxyl groups is 1. The van der Waals surface area contributed by atoms with E-state index in [1.807, 2.05) is 6.07 Å². The van der Waals surface area contributed by atoms with Crippen molar-refractivity contribution in [2.24, 2.45) is 5.84 Å². The fourth-order valence-corrected chi connectivity index (χ4v) is 4.31. The first-order valence-electron chi connectivity index (χ1n) is 7.92. The van der Waals surface area contributed by atoms with E-state index in [0.29, 0.717) is 26.9 Å². The number of anilines is 2. The highest BCUT2D eigenvalue weighted by Gasteiger charge is 2.57. The van der Waals surface area contributed by atoms with Gasteiger partial charge in [0.25, 0.3) is 5.92 Å². The minimum absolute atomic E-state index is 0.423. The van der Waals surface area contributed by atoms with Crippen molar-refractivity contribution in [1.82, 2.24) is 9.97 Å². The van der Waals surface area contributed by atoms with E-state index in [1.54, 1.807) is 31.4 Å². The molecule has 0 spiro atoms. The molecule has 0 unspecified atom stereocenters. The van der Waals surface area contributed by atoms with Gasteiger partial charge in [-0.25, -0.2) is 24.6 Å². The number of pyridine rings is 2. The van der Waals surface area contributed by atoms with Crippen molar-refractivity contribution in [3.05, 3.63) is 35.3 Å². The number of nitrogens with two attached hydrogens (primary N) is 2. The maximum atomic E-state index is 13.2. The highest BCUT2D eigenvalue weighted by molar-refractivity contribution is 7.18. The normalized spacial score (nSPS) is 17.9. The molecule has 0 aliphatic heterocycles. The highest BCUT2D eigenvalue weighted by atomic mass is 32.1. The molecule has 0 amide bonds. The molecule has 3 heterocycles. The minimum atomic E-state index is -2.80. The van der Waals surface area contributed by atoms with Crippen LogP contribution < -0.4 is 16.6 Å². The van der Waals surface area contributed by atoms with Crippen LogP contribution >= 0.6 is 11.3 Å². The lowest BCUT2D eigenvalue weighted by Gasteiger charge is -2.42. The zero-order chi connectivity index (χ0) is 18.7. The molecule has 4 rings (SSSR count). The van der Waals surface area contributed by atoms with E-state index in [4.69, 9.17) is 11.6 Å². The molecular formula is C17H17F2N5OS. The number of thiophene rings is 1. The second kappa shape index (κ2) is 5.57. The Morgan fingerprint density at radius 3 is 2.62 bits per heavy atom. The molecule has 0 saturated heterocycles. The lowest BCUT2D eigenvalue weighted by atomic mass is 9.75. The van der Waals surface area contributed by atoms with Crippen LogP contribution in [0.25, 0.3) is 21.5 Å². The standard InChI is InChI=1S/C17H17F2N5OS/c1-24(21)14-11(20)4-10(6-22-14)12-3-2-9-5-13(26-15(9)23-12)16(25)7-17(18,19)8-16/h2-6,25H,7-8,20-21H2,1H3. The first kappa shape index (κ1) is 17.1. The molecule has 3 aromatic rings. The Bertz CT molecular complexity index is 996. The van der Waals surface area contributed by atoms with E-state index in [9.17, 15) is 13.9 Å². The first-order chi connectivity index (χ1) is 12.2. The molecule has 0 atom stereocenters. The van der Waals surface area contributed by atoms with Crippen LogP contribution in [0.1, 0.15) is 17.7 Å². The molecular weight excluding hydrogens is 360 g/mol. The summed E-state index contributed by atoms with van der Waals surface area (Å²) in [6.07, 6.45) is 0.528. The van der Waals surface area contributed by atoms with Crippen LogP contribution in [0.5, 0.6) is 0 Å². The lowest BCUT2D eigenvalue weighted by molar-refractivity contribution is -0.208. The Kier molecular flexibility index (Phi) is 3.66. The number of nitrogen functional groups attached to an aromatic ring is 1. The topological polar surface area (TPSA) is 101 Å². The number of halogens is 2. The zero-order valence-electron chi connectivity index (χ0n) is 13.9. The average Bonchev–Trinajstić information content (AvgIpc) is 2.96. The van der Waals surface area contributed by atoms with Crippen LogP contribution in [0.4, 0.5) is 20.3 Å². The van der Waals surface area contributed by atoms with Crippen LogP contribution in [-0.4, -0.2) is 28.0 Å². The smallest absolute Gasteiger partial charge is 0.254 e. The Balaban J connectivity index is 1.69. The van der Waals surface area contributed by atoms with Gasteiger partial charge >= 0.3 is 0 Å². The van der Waals surface area contributed by atoms with E-state index < -0.39 is 24.4 Å². The number of hydrazine groups is 1. The van der Waals surface area contributed by atoms with Gasteiger partial charge in [-0.1, -0.05) is 0 Å². The molecule has 5 N–H and O–H groups in total. The zero-order valence-corrected chi connectivity index (χ0v) is 14.7. The molecule has 3 aromatic heterocycles. The van der Waals surface area contributed by atoms with Gasteiger partial charge in [0, 0.05) is 41.9 Å². The molecule has 9 heteroatoms. The third-order valence-electron chi connectivity index (χ3n) is 4.47. The molecule has 6 nitrogen and oxygen atoms in total. The average molecular weight is 377 g/mol. The summed E-state index contributed by atoms with van der Waals surface area (Å²) in [4.78, 5) is 9.98. The van der Waals surface area contributed by atoms with Crippen LogP contribution in [-0.2, 0) is 5.60 Å². The molecule has 1 aliphatic carbocycles. The van der Waals surface area contributed by atoms with Gasteiger partial charge in [0.05, 0.1) is 11.4 Å². The highest BCUT2D eigenvalue weighted by Crippen LogP contribution is 2.53.